The molecule has 0 radical (unpaired) electrons. The van der Waals surface area contributed by atoms with Crippen LogP contribution in [0, 0.1) is 20.8 Å². The minimum atomic E-state index is 0.0973. The van der Waals surface area contributed by atoms with E-state index in [0.29, 0.717) is 39.3 Å². The number of fused-ring (bicyclic) bond motifs is 1. The van der Waals surface area contributed by atoms with Crippen molar-refractivity contribution in [3.8, 4) is 21.9 Å². The molecular formula is C27H30N4O3S2. The Kier molecular flexibility index (Phi) is 7.38. The number of carbonyl (C=O) groups is 1. The van der Waals surface area contributed by atoms with Crippen LogP contribution in [0.4, 0.5) is 0 Å². The number of aryl methyl sites for hydroxylation is 4. The topological polar surface area (TPSA) is 69.5 Å². The van der Waals surface area contributed by atoms with Crippen molar-refractivity contribution in [2.45, 2.75) is 46.7 Å². The molecular weight excluding hydrogens is 492 g/mol. The van der Waals surface area contributed by atoms with E-state index in [0.717, 1.165) is 40.4 Å². The number of hydrogen-bond acceptors (Lipinski definition) is 7. The van der Waals surface area contributed by atoms with E-state index >= 15 is 0 Å². The number of ether oxygens (including phenoxy) is 2. The quantitative estimate of drug-likeness (QED) is 0.309. The molecule has 0 bridgehead atoms. The minimum Gasteiger partial charge on any atom is -0.489 e. The van der Waals surface area contributed by atoms with Crippen LogP contribution in [0.25, 0.3) is 10.4 Å². The third-order valence-electron chi connectivity index (χ3n) is 6.24. The highest BCUT2D eigenvalue weighted by atomic mass is 32.1. The first-order chi connectivity index (χ1) is 17.5. The number of aromatic nitrogens is 3. The monoisotopic (exact) mass is 522 g/mol. The predicted molar refractivity (Wildman–Crippen MR) is 143 cm³/mol. The maximum Gasteiger partial charge on any atom is 0.224 e. The highest BCUT2D eigenvalue weighted by Gasteiger charge is 2.24. The number of carbonyl (C=O) groups excluding carboxylic acids is 1. The lowest BCUT2D eigenvalue weighted by Crippen LogP contribution is -2.33. The van der Waals surface area contributed by atoms with Gasteiger partial charge in [0.15, 0.2) is 11.5 Å². The number of rotatable bonds is 8. The van der Waals surface area contributed by atoms with E-state index in [2.05, 4.69) is 41.3 Å². The van der Waals surface area contributed by atoms with Crippen molar-refractivity contribution >= 4 is 28.6 Å². The van der Waals surface area contributed by atoms with Gasteiger partial charge in [-0.25, -0.2) is 4.98 Å². The molecule has 0 saturated heterocycles. The van der Waals surface area contributed by atoms with Crippen LogP contribution in [-0.4, -0.2) is 45.3 Å². The van der Waals surface area contributed by atoms with Gasteiger partial charge < -0.3 is 14.4 Å². The molecule has 0 saturated carbocycles. The molecule has 0 atom stereocenters. The lowest BCUT2D eigenvalue weighted by molar-refractivity contribution is -0.132. The van der Waals surface area contributed by atoms with E-state index in [1.165, 1.54) is 14.6 Å². The van der Waals surface area contributed by atoms with Gasteiger partial charge in [-0.3, -0.25) is 9.48 Å². The summed E-state index contributed by atoms with van der Waals surface area (Å²) in [6.45, 7) is 8.66. The molecule has 3 aromatic heterocycles. The van der Waals surface area contributed by atoms with E-state index in [1.807, 2.05) is 41.2 Å². The molecule has 0 unspecified atom stereocenters. The van der Waals surface area contributed by atoms with Crippen LogP contribution in [0.1, 0.15) is 33.1 Å². The maximum absolute atomic E-state index is 13.1. The number of amides is 1. The van der Waals surface area contributed by atoms with Gasteiger partial charge in [0.05, 0.1) is 30.1 Å². The lowest BCUT2D eigenvalue weighted by Gasteiger charge is -2.20. The smallest absolute Gasteiger partial charge is 0.224 e. The van der Waals surface area contributed by atoms with Crippen molar-refractivity contribution in [1.29, 1.82) is 0 Å². The molecule has 0 N–H and O–H groups in total. The summed E-state index contributed by atoms with van der Waals surface area (Å²) in [5, 5.41) is 4.40. The van der Waals surface area contributed by atoms with Crippen LogP contribution in [-0.2, 0) is 24.3 Å². The van der Waals surface area contributed by atoms with E-state index in [-0.39, 0.29) is 5.91 Å². The fourth-order valence-electron chi connectivity index (χ4n) is 4.31. The Bertz CT molecular complexity index is 1360. The average molecular weight is 523 g/mol. The summed E-state index contributed by atoms with van der Waals surface area (Å²) in [5.41, 5.74) is 5.94. The second kappa shape index (κ2) is 10.8. The zero-order valence-corrected chi connectivity index (χ0v) is 22.5. The summed E-state index contributed by atoms with van der Waals surface area (Å²) >= 11 is 3.41. The van der Waals surface area contributed by atoms with Gasteiger partial charge in [0.1, 0.15) is 6.61 Å². The highest BCUT2D eigenvalue weighted by molar-refractivity contribution is 7.15. The van der Waals surface area contributed by atoms with Crippen molar-refractivity contribution in [1.82, 2.24) is 19.7 Å². The molecule has 0 spiro atoms. The summed E-state index contributed by atoms with van der Waals surface area (Å²) < 4.78 is 14.3. The Labute approximate surface area is 219 Å². The average Bonchev–Trinajstić information content (AvgIpc) is 3.55. The van der Waals surface area contributed by atoms with Crippen LogP contribution in [0.2, 0.25) is 0 Å². The second-order valence-corrected chi connectivity index (χ2v) is 11.2. The first kappa shape index (κ1) is 24.5. The molecule has 1 amide bonds. The number of thiophene rings is 1. The van der Waals surface area contributed by atoms with E-state index in [1.54, 1.807) is 22.7 Å². The number of benzene rings is 1. The molecule has 5 rings (SSSR count). The molecule has 1 aliphatic heterocycles. The Hall–Kier alpha value is -3.17. The Morgan fingerprint density at radius 1 is 1.19 bits per heavy atom. The summed E-state index contributed by atoms with van der Waals surface area (Å²) in [4.78, 5) is 23.0. The Morgan fingerprint density at radius 3 is 2.81 bits per heavy atom. The SMILES string of the molecule is Cc1ccn(CCC(=O)N2CCOc3c(cc(-c4ccc(C)s4)cc3OCCc3scnc3C)C2)n1. The van der Waals surface area contributed by atoms with Gasteiger partial charge in [-0.05, 0) is 56.7 Å². The first-order valence-corrected chi connectivity index (χ1v) is 13.8. The number of nitrogens with zero attached hydrogens (tertiary/aromatic N) is 4. The summed E-state index contributed by atoms with van der Waals surface area (Å²) in [5.74, 6) is 1.57. The molecule has 1 aliphatic rings. The van der Waals surface area contributed by atoms with Crippen LogP contribution in [0.3, 0.4) is 0 Å². The third-order valence-corrected chi connectivity index (χ3v) is 8.28. The van der Waals surface area contributed by atoms with E-state index in [9.17, 15) is 4.79 Å². The Balaban J connectivity index is 1.37. The molecule has 4 aromatic rings. The lowest BCUT2D eigenvalue weighted by atomic mass is 10.1. The molecule has 9 heteroatoms. The second-order valence-electron chi connectivity index (χ2n) is 8.97. The van der Waals surface area contributed by atoms with Gasteiger partial charge in [0, 0.05) is 52.3 Å². The maximum atomic E-state index is 13.1. The van der Waals surface area contributed by atoms with Crippen molar-refractivity contribution in [3.05, 3.63) is 68.7 Å². The zero-order chi connectivity index (χ0) is 25.1. The van der Waals surface area contributed by atoms with Gasteiger partial charge >= 0.3 is 0 Å². The largest absolute Gasteiger partial charge is 0.489 e. The van der Waals surface area contributed by atoms with Gasteiger partial charge in [-0.15, -0.1) is 22.7 Å². The van der Waals surface area contributed by atoms with Crippen LogP contribution >= 0.6 is 22.7 Å². The molecule has 36 heavy (non-hydrogen) atoms. The molecule has 0 aliphatic carbocycles. The van der Waals surface area contributed by atoms with Gasteiger partial charge in [0.25, 0.3) is 0 Å². The fraction of sp³-hybridized carbons (Fsp3) is 0.370. The normalized spacial score (nSPS) is 13.2. The van der Waals surface area contributed by atoms with Crippen LogP contribution < -0.4 is 9.47 Å². The molecule has 4 heterocycles. The molecule has 7 nitrogen and oxygen atoms in total. The predicted octanol–water partition coefficient (Wildman–Crippen LogP) is 5.43. The van der Waals surface area contributed by atoms with Crippen molar-refractivity contribution in [2.75, 3.05) is 19.8 Å². The van der Waals surface area contributed by atoms with Crippen molar-refractivity contribution in [2.24, 2.45) is 0 Å². The van der Waals surface area contributed by atoms with Crippen molar-refractivity contribution in [3.63, 3.8) is 0 Å². The minimum absolute atomic E-state index is 0.0973. The molecule has 188 valence electrons. The summed E-state index contributed by atoms with van der Waals surface area (Å²) in [6.07, 6.45) is 3.11. The van der Waals surface area contributed by atoms with Crippen molar-refractivity contribution < 1.29 is 14.3 Å². The molecule has 0 fully saturated rings. The van der Waals surface area contributed by atoms with Crippen LogP contribution in [0.15, 0.2) is 42.0 Å². The van der Waals surface area contributed by atoms with Crippen LogP contribution in [0.5, 0.6) is 11.5 Å². The summed E-state index contributed by atoms with van der Waals surface area (Å²) in [7, 11) is 0. The third kappa shape index (κ3) is 5.63. The summed E-state index contributed by atoms with van der Waals surface area (Å²) in [6, 6.07) is 10.4. The zero-order valence-electron chi connectivity index (χ0n) is 20.8. The highest BCUT2D eigenvalue weighted by Crippen LogP contribution is 2.40. The number of thiazole rings is 1. The first-order valence-electron chi connectivity index (χ1n) is 12.1. The number of hydrogen-bond donors (Lipinski definition) is 0. The van der Waals surface area contributed by atoms with Gasteiger partial charge in [0.2, 0.25) is 5.91 Å². The van der Waals surface area contributed by atoms with E-state index < -0.39 is 0 Å². The standard InChI is InChI=1S/C27H30N4O3S2/c1-18-6-9-31(29-18)10-7-26(32)30-11-13-34-27-22(16-30)14-21(25-5-4-19(2)36-25)15-23(27)33-12-8-24-20(3)28-17-35-24/h4-6,9,14-15,17H,7-8,10-13,16H2,1-3H3. The van der Waals surface area contributed by atoms with E-state index in [4.69, 9.17) is 9.47 Å². The van der Waals surface area contributed by atoms with Gasteiger partial charge in [-0.1, -0.05) is 0 Å². The fourth-order valence-corrected chi connectivity index (χ4v) is 5.93. The Morgan fingerprint density at radius 2 is 2.08 bits per heavy atom. The molecule has 1 aromatic carbocycles. The van der Waals surface area contributed by atoms with Gasteiger partial charge in [-0.2, -0.15) is 5.10 Å².